The van der Waals surface area contributed by atoms with Gasteiger partial charge in [0.2, 0.25) is 0 Å². The summed E-state index contributed by atoms with van der Waals surface area (Å²) in [7, 11) is 0. The SMILES string of the molecule is Cc1ccc(COCOCC(F)(F)C(F)(F)COC(=O)c2ccc(C)cc2)cc1. The second-order valence-electron chi connectivity index (χ2n) is 6.65. The molecule has 29 heavy (non-hydrogen) atoms. The molecule has 0 aliphatic carbocycles. The highest BCUT2D eigenvalue weighted by Gasteiger charge is 2.57. The summed E-state index contributed by atoms with van der Waals surface area (Å²) in [6.45, 7) is -0.141. The highest BCUT2D eigenvalue weighted by atomic mass is 19.3. The van der Waals surface area contributed by atoms with E-state index in [0.29, 0.717) is 0 Å². The molecule has 0 saturated carbocycles. The molecule has 0 amide bonds. The van der Waals surface area contributed by atoms with Crippen molar-refractivity contribution in [1.29, 1.82) is 0 Å². The van der Waals surface area contributed by atoms with Crippen molar-refractivity contribution >= 4 is 5.97 Å². The van der Waals surface area contributed by atoms with E-state index in [-0.39, 0.29) is 12.2 Å². The van der Waals surface area contributed by atoms with Crippen LogP contribution in [0.3, 0.4) is 0 Å². The molecule has 0 heterocycles. The Labute approximate surface area is 166 Å². The van der Waals surface area contributed by atoms with Crippen LogP contribution in [0.2, 0.25) is 0 Å². The maximum absolute atomic E-state index is 13.8. The minimum atomic E-state index is -4.59. The van der Waals surface area contributed by atoms with Crippen molar-refractivity contribution in [3.63, 3.8) is 0 Å². The van der Waals surface area contributed by atoms with Crippen LogP contribution in [0.25, 0.3) is 0 Å². The largest absolute Gasteiger partial charge is 0.455 e. The zero-order chi connectivity index (χ0) is 21.5. The Morgan fingerprint density at radius 2 is 1.31 bits per heavy atom. The number of esters is 1. The van der Waals surface area contributed by atoms with E-state index < -0.39 is 37.8 Å². The molecule has 0 atom stereocenters. The highest BCUT2D eigenvalue weighted by Crippen LogP contribution is 2.35. The van der Waals surface area contributed by atoms with E-state index in [1.807, 2.05) is 19.1 Å². The van der Waals surface area contributed by atoms with Crippen molar-refractivity contribution in [2.75, 3.05) is 20.0 Å². The summed E-state index contributed by atoms with van der Waals surface area (Å²) in [5.41, 5.74) is 2.69. The van der Waals surface area contributed by atoms with Gasteiger partial charge in [0.25, 0.3) is 0 Å². The summed E-state index contributed by atoms with van der Waals surface area (Å²) in [4.78, 5) is 11.7. The van der Waals surface area contributed by atoms with Gasteiger partial charge in [0.15, 0.2) is 6.61 Å². The molecule has 0 saturated heterocycles. The molecule has 2 rings (SSSR count). The van der Waals surface area contributed by atoms with Gasteiger partial charge in [-0.2, -0.15) is 17.6 Å². The van der Waals surface area contributed by atoms with Crippen molar-refractivity contribution in [2.24, 2.45) is 0 Å². The molecular weight excluding hydrogens is 392 g/mol. The lowest BCUT2D eigenvalue weighted by Gasteiger charge is -2.25. The van der Waals surface area contributed by atoms with Crippen LogP contribution in [0.5, 0.6) is 0 Å². The van der Waals surface area contributed by atoms with Gasteiger partial charge >= 0.3 is 17.8 Å². The quantitative estimate of drug-likeness (QED) is 0.240. The zero-order valence-corrected chi connectivity index (χ0v) is 16.1. The molecule has 0 fully saturated rings. The maximum atomic E-state index is 13.8. The Hall–Kier alpha value is -2.45. The Morgan fingerprint density at radius 1 is 0.793 bits per heavy atom. The molecule has 0 aliphatic heterocycles. The average molecular weight is 414 g/mol. The van der Waals surface area contributed by atoms with E-state index >= 15 is 0 Å². The zero-order valence-electron chi connectivity index (χ0n) is 16.1. The first-order valence-electron chi connectivity index (χ1n) is 8.81. The molecule has 0 bridgehead atoms. The molecule has 0 aliphatic rings. The van der Waals surface area contributed by atoms with Crippen LogP contribution in [-0.2, 0) is 20.8 Å². The van der Waals surface area contributed by atoms with Crippen molar-refractivity contribution in [2.45, 2.75) is 32.3 Å². The Morgan fingerprint density at radius 3 is 1.90 bits per heavy atom. The fourth-order valence-electron chi connectivity index (χ4n) is 2.21. The molecule has 0 unspecified atom stereocenters. The number of ether oxygens (including phenoxy) is 3. The number of alkyl halides is 4. The molecule has 0 radical (unpaired) electrons. The van der Waals surface area contributed by atoms with E-state index in [0.717, 1.165) is 16.7 Å². The first-order valence-corrected chi connectivity index (χ1v) is 8.81. The molecule has 158 valence electrons. The number of carbonyl (C=O) groups is 1. The molecule has 2 aromatic carbocycles. The third kappa shape index (κ3) is 6.83. The third-order valence-corrected chi connectivity index (χ3v) is 4.05. The molecular formula is C21H22F4O4. The van der Waals surface area contributed by atoms with E-state index in [1.165, 1.54) is 12.1 Å². The van der Waals surface area contributed by atoms with Gasteiger partial charge in [-0.3, -0.25) is 0 Å². The van der Waals surface area contributed by atoms with Crippen LogP contribution in [0.4, 0.5) is 17.6 Å². The smallest absolute Gasteiger partial charge is 0.345 e. The molecule has 0 spiro atoms. The van der Waals surface area contributed by atoms with Gasteiger partial charge in [-0.25, -0.2) is 4.79 Å². The minimum Gasteiger partial charge on any atom is -0.455 e. The number of hydrogen-bond donors (Lipinski definition) is 0. The van der Waals surface area contributed by atoms with Crippen LogP contribution in [0.1, 0.15) is 27.0 Å². The molecule has 2 aromatic rings. The lowest BCUT2D eigenvalue weighted by atomic mass is 10.1. The van der Waals surface area contributed by atoms with Crippen LogP contribution < -0.4 is 0 Å². The number of halogens is 4. The van der Waals surface area contributed by atoms with E-state index in [9.17, 15) is 22.4 Å². The summed E-state index contributed by atoms with van der Waals surface area (Å²) in [6, 6.07) is 13.2. The first-order chi connectivity index (χ1) is 13.6. The van der Waals surface area contributed by atoms with Crippen molar-refractivity contribution in [3.05, 3.63) is 70.8 Å². The topological polar surface area (TPSA) is 44.8 Å². The Kier molecular flexibility index (Phi) is 7.75. The standard InChI is InChI=1S/C21H22F4O4/c1-15-3-7-17(8-4-15)11-27-14-28-12-20(22,23)21(24,25)13-29-19(26)18-9-5-16(2)6-10-18/h3-10H,11-14H2,1-2H3. The number of hydrogen-bond acceptors (Lipinski definition) is 4. The summed E-state index contributed by atoms with van der Waals surface area (Å²) in [5.74, 6) is -10.2. The lowest BCUT2D eigenvalue weighted by molar-refractivity contribution is -0.254. The monoisotopic (exact) mass is 414 g/mol. The average Bonchev–Trinajstić information content (AvgIpc) is 2.67. The van der Waals surface area contributed by atoms with Crippen molar-refractivity contribution in [3.8, 4) is 0 Å². The van der Waals surface area contributed by atoms with Crippen molar-refractivity contribution < 1.29 is 36.6 Å². The molecule has 8 heteroatoms. The summed E-state index contributed by atoms with van der Waals surface area (Å²) in [5, 5.41) is 0. The van der Waals surface area contributed by atoms with Crippen molar-refractivity contribution in [1.82, 2.24) is 0 Å². The number of carbonyl (C=O) groups excluding carboxylic acids is 1. The van der Waals surface area contributed by atoms with Gasteiger partial charge in [0.05, 0.1) is 12.2 Å². The third-order valence-electron chi connectivity index (χ3n) is 4.05. The Bertz CT molecular complexity index is 789. The fraction of sp³-hybridized carbons (Fsp3) is 0.381. The van der Waals surface area contributed by atoms with Crippen LogP contribution in [0.15, 0.2) is 48.5 Å². The first kappa shape index (κ1) is 22.8. The van der Waals surface area contributed by atoms with Crippen LogP contribution >= 0.6 is 0 Å². The lowest BCUT2D eigenvalue weighted by Crippen LogP contribution is -2.48. The van der Waals surface area contributed by atoms with Gasteiger partial charge in [0, 0.05) is 0 Å². The summed E-state index contributed by atoms with van der Waals surface area (Å²) >= 11 is 0. The Balaban J connectivity index is 1.76. The van der Waals surface area contributed by atoms with Gasteiger partial charge in [-0.15, -0.1) is 0 Å². The molecule has 4 nitrogen and oxygen atoms in total. The number of aryl methyl sites for hydroxylation is 2. The number of rotatable bonds is 10. The highest BCUT2D eigenvalue weighted by molar-refractivity contribution is 5.89. The van der Waals surface area contributed by atoms with Gasteiger partial charge in [-0.1, -0.05) is 47.5 Å². The second kappa shape index (κ2) is 9.84. The minimum absolute atomic E-state index is 0.00419. The predicted octanol–water partition coefficient (Wildman–Crippen LogP) is 4.92. The predicted molar refractivity (Wildman–Crippen MR) is 98.1 cm³/mol. The fourth-order valence-corrected chi connectivity index (χ4v) is 2.21. The normalized spacial score (nSPS) is 12.1. The number of benzene rings is 2. The molecule has 0 N–H and O–H groups in total. The summed E-state index contributed by atoms with van der Waals surface area (Å²) < 4.78 is 69.1. The van der Waals surface area contributed by atoms with Gasteiger partial charge in [0.1, 0.15) is 13.4 Å². The van der Waals surface area contributed by atoms with E-state index in [4.69, 9.17) is 4.74 Å². The van der Waals surface area contributed by atoms with Gasteiger partial charge in [-0.05, 0) is 31.5 Å². The van der Waals surface area contributed by atoms with E-state index in [1.54, 1.807) is 31.2 Å². The van der Waals surface area contributed by atoms with Gasteiger partial charge < -0.3 is 14.2 Å². The maximum Gasteiger partial charge on any atom is 0.345 e. The van der Waals surface area contributed by atoms with E-state index in [2.05, 4.69) is 9.47 Å². The second-order valence-corrected chi connectivity index (χ2v) is 6.65. The molecule has 0 aromatic heterocycles. The van der Waals surface area contributed by atoms with Crippen LogP contribution in [0, 0.1) is 13.8 Å². The summed E-state index contributed by atoms with van der Waals surface area (Å²) in [6.07, 6.45) is 0. The van der Waals surface area contributed by atoms with Crippen LogP contribution in [-0.4, -0.2) is 37.8 Å².